The zero-order chi connectivity index (χ0) is 22.7. The van der Waals surface area contributed by atoms with Crippen LogP contribution in [-0.4, -0.2) is 17.0 Å². The van der Waals surface area contributed by atoms with E-state index in [-0.39, 0.29) is 12.3 Å². The van der Waals surface area contributed by atoms with E-state index in [0.29, 0.717) is 24.2 Å². The highest BCUT2D eigenvalue weighted by molar-refractivity contribution is 9.10. The fraction of sp³-hybridized carbons (Fsp3) is 0.120. The van der Waals surface area contributed by atoms with Crippen molar-refractivity contribution in [3.8, 4) is 0 Å². The molecular formula is C25H22BrN3O3. The molecule has 0 aliphatic carbocycles. The number of carbonyl (C=O) groups excluding carboxylic acids is 1. The molecule has 4 rings (SSSR count). The minimum atomic E-state index is -0.829. The molecule has 0 unspecified atom stereocenters. The first-order chi connectivity index (χ1) is 15.4. The van der Waals surface area contributed by atoms with E-state index in [0.717, 1.165) is 38.1 Å². The number of nitrogens with two attached hydrogens (primary N) is 1. The molecule has 1 heterocycles. The summed E-state index contributed by atoms with van der Waals surface area (Å²) in [5.74, 6) is -1.01. The first-order valence-electron chi connectivity index (χ1n) is 10.2. The molecule has 0 spiro atoms. The number of rotatable bonds is 7. The van der Waals surface area contributed by atoms with Gasteiger partial charge in [0, 0.05) is 28.7 Å². The van der Waals surface area contributed by atoms with Crippen molar-refractivity contribution < 1.29 is 14.7 Å². The lowest BCUT2D eigenvalue weighted by Gasteiger charge is -2.16. The van der Waals surface area contributed by atoms with Gasteiger partial charge in [-0.1, -0.05) is 58.4 Å². The van der Waals surface area contributed by atoms with Crippen LogP contribution in [-0.2, 0) is 22.6 Å². The number of carbonyl (C=O) groups is 2. The van der Waals surface area contributed by atoms with Crippen molar-refractivity contribution in [3.63, 3.8) is 0 Å². The number of fused-ring (bicyclic) bond motifs is 1. The predicted octanol–water partition coefficient (Wildman–Crippen LogP) is 4.86. The van der Waals surface area contributed by atoms with Crippen LogP contribution in [0.4, 0.5) is 11.4 Å². The van der Waals surface area contributed by atoms with Gasteiger partial charge in [0.15, 0.2) is 0 Å². The topological polar surface area (TPSA) is 104 Å². The van der Waals surface area contributed by atoms with Crippen molar-refractivity contribution >= 4 is 50.5 Å². The normalized spacial score (nSPS) is 14.0. The van der Waals surface area contributed by atoms with E-state index in [1.165, 1.54) is 0 Å². The average molecular weight is 492 g/mol. The first-order valence-corrected chi connectivity index (χ1v) is 11.0. The Balaban J connectivity index is 1.78. The molecule has 162 valence electrons. The van der Waals surface area contributed by atoms with Crippen molar-refractivity contribution in [2.45, 2.75) is 19.4 Å². The molecule has 0 bridgehead atoms. The largest absolute Gasteiger partial charge is 0.481 e. The zero-order valence-corrected chi connectivity index (χ0v) is 18.8. The second kappa shape index (κ2) is 9.38. The number of halogens is 1. The SMILES string of the molecule is NCc1ccc(N/C(=C2\C(=O)Nc3cc(Br)ccc32)c2ccc(CCC(=O)O)cc2)cc1. The Kier molecular flexibility index (Phi) is 6.39. The lowest BCUT2D eigenvalue weighted by atomic mass is 9.98. The standard InChI is InChI=1S/C25H22BrN3O3/c26-18-8-11-20-21(13-18)29-25(32)23(20)24(28-19-9-3-16(14-27)4-10-19)17-6-1-15(2-7-17)5-12-22(30)31/h1-4,6-11,13,28H,5,12,14,27H2,(H,29,32)(H,30,31)/b24-23-. The summed E-state index contributed by atoms with van der Waals surface area (Å²) < 4.78 is 0.882. The van der Waals surface area contributed by atoms with Gasteiger partial charge in [-0.2, -0.15) is 0 Å². The van der Waals surface area contributed by atoms with Crippen molar-refractivity contribution in [2.75, 3.05) is 10.6 Å². The van der Waals surface area contributed by atoms with Gasteiger partial charge in [0.1, 0.15) is 0 Å². The second-order valence-electron chi connectivity index (χ2n) is 7.51. The van der Waals surface area contributed by atoms with Crippen LogP contribution >= 0.6 is 15.9 Å². The summed E-state index contributed by atoms with van der Waals surface area (Å²) in [6, 6.07) is 21.0. The Morgan fingerprint density at radius 2 is 1.69 bits per heavy atom. The van der Waals surface area contributed by atoms with Crippen LogP contribution in [0.2, 0.25) is 0 Å². The summed E-state index contributed by atoms with van der Waals surface area (Å²) in [7, 11) is 0. The number of aryl methyl sites for hydroxylation is 1. The van der Waals surface area contributed by atoms with Gasteiger partial charge in [0.25, 0.3) is 5.91 Å². The monoisotopic (exact) mass is 491 g/mol. The van der Waals surface area contributed by atoms with E-state index < -0.39 is 5.97 Å². The Hall–Kier alpha value is -3.42. The molecule has 0 aromatic heterocycles. The molecule has 32 heavy (non-hydrogen) atoms. The Morgan fingerprint density at radius 3 is 2.34 bits per heavy atom. The number of aliphatic carboxylic acids is 1. The van der Waals surface area contributed by atoms with Crippen molar-refractivity contribution in [1.82, 2.24) is 0 Å². The molecular weight excluding hydrogens is 470 g/mol. The number of benzene rings is 3. The molecule has 1 amide bonds. The van der Waals surface area contributed by atoms with Crippen LogP contribution in [0.3, 0.4) is 0 Å². The summed E-state index contributed by atoms with van der Waals surface area (Å²) in [6.07, 6.45) is 0.524. The molecule has 0 saturated carbocycles. The number of carboxylic acid groups (broad SMARTS) is 1. The highest BCUT2D eigenvalue weighted by atomic mass is 79.9. The third-order valence-electron chi connectivity index (χ3n) is 5.31. The van der Waals surface area contributed by atoms with Gasteiger partial charge in [-0.05, 0) is 47.4 Å². The maximum Gasteiger partial charge on any atom is 0.303 e. The minimum absolute atomic E-state index is 0.0731. The van der Waals surface area contributed by atoms with Crippen LogP contribution in [0, 0.1) is 0 Å². The summed E-state index contributed by atoms with van der Waals surface area (Å²) in [5.41, 5.74) is 12.1. The third kappa shape index (κ3) is 4.74. The van der Waals surface area contributed by atoms with E-state index in [2.05, 4.69) is 26.6 Å². The number of hydrogen-bond donors (Lipinski definition) is 4. The van der Waals surface area contributed by atoms with Crippen LogP contribution in [0.5, 0.6) is 0 Å². The summed E-state index contributed by atoms with van der Waals surface area (Å²) in [5, 5.41) is 15.3. The quantitative estimate of drug-likeness (QED) is 0.353. The van der Waals surface area contributed by atoms with E-state index >= 15 is 0 Å². The van der Waals surface area contributed by atoms with Gasteiger partial charge >= 0.3 is 5.97 Å². The second-order valence-corrected chi connectivity index (χ2v) is 8.43. The van der Waals surface area contributed by atoms with E-state index in [1.807, 2.05) is 66.7 Å². The van der Waals surface area contributed by atoms with Crippen LogP contribution in [0.1, 0.15) is 28.7 Å². The molecule has 0 fully saturated rings. The minimum Gasteiger partial charge on any atom is -0.481 e. The maximum absolute atomic E-state index is 13.0. The highest BCUT2D eigenvalue weighted by Crippen LogP contribution is 2.38. The summed E-state index contributed by atoms with van der Waals surface area (Å²) in [4.78, 5) is 23.9. The van der Waals surface area contributed by atoms with E-state index in [9.17, 15) is 9.59 Å². The maximum atomic E-state index is 13.0. The molecule has 0 radical (unpaired) electrons. The van der Waals surface area contributed by atoms with Gasteiger partial charge in [-0.15, -0.1) is 0 Å². The predicted molar refractivity (Wildman–Crippen MR) is 130 cm³/mol. The van der Waals surface area contributed by atoms with Gasteiger partial charge in [-0.25, -0.2) is 0 Å². The fourth-order valence-corrected chi connectivity index (χ4v) is 3.99. The summed E-state index contributed by atoms with van der Waals surface area (Å²) >= 11 is 3.45. The molecule has 5 N–H and O–H groups in total. The van der Waals surface area contributed by atoms with Crippen LogP contribution in [0.25, 0.3) is 11.3 Å². The number of hydrogen-bond acceptors (Lipinski definition) is 4. The number of carboxylic acids is 1. The zero-order valence-electron chi connectivity index (χ0n) is 17.2. The molecule has 0 saturated heterocycles. The van der Waals surface area contributed by atoms with E-state index in [1.54, 1.807) is 0 Å². The van der Waals surface area contributed by atoms with Crippen molar-refractivity contribution in [2.24, 2.45) is 5.73 Å². The first kappa shape index (κ1) is 21.8. The fourth-order valence-electron chi connectivity index (χ4n) is 3.63. The number of nitrogens with one attached hydrogen (secondary N) is 2. The smallest absolute Gasteiger partial charge is 0.303 e. The van der Waals surface area contributed by atoms with Crippen LogP contribution < -0.4 is 16.4 Å². The Labute approximate surface area is 194 Å². The lowest BCUT2D eigenvalue weighted by Crippen LogP contribution is -2.10. The summed E-state index contributed by atoms with van der Waals surface area (Å²) in [6.45, 7) is 0.455. The Morgan fingerprint density at radius 1 is 1.00 bits per heavy atom. The average Bonchev–Trinajstić information content (AvgIpc) is 3.11. The van der Waals surface area contributed by atoms with Crippen molar-refractivity contribution in [1.29, 1.82) is 0 Å². The van der Waals surface area contributed by atoms with E-state index in [4.69, 9.17) is 10.8 Å². The lowest BCUT2D eigenvalue weighted by molar-refractivity contribution is -0.137. The number of amides is 1. The van der Waals surface area contributed by atoms with Gasteiger partial charge in [-0.3, -0.25) is 9.59 Å². The van der Waals surface area contributed by atoms with Crippen LogP contribution in [0.15, 0.2) is 71.2 Å². The molecule has 0 atom stereocenters. The molecule has 1 aliphatic rings. The van der Waals surface area contributed by atoms with Crippen molar-refractivity contribution in [3.05, 3.63) is 93.5 Å². The van der Waals surface area contributed by atoms with Gasteiger partial charge < -0.3 is 21.5 Å². The molecule has 1 aliphatic heterocycles. The van der Waals surface area contributed by atoms with Gasteiger partial charge in [0.05, 0.1) is 17.0 Å². The Bertz CT molecular complexity index is 1200. The molecule has 3 aromatic rings. The van der Waals surface area contributed by atoms with Gasteiger partial charge in [0.2, 0.25) is 0 Å². The third-order valence-corrected chi connectivity index (χ3v) is 5.80. The molecule has 3 aromatic carbocycles. The molecule has 7 heteroatoms. The molecule has 6 nitrogen and oxygen atoms in total. The number of anilines is 2. The highest BCUT2D eigenvalue weighted by Gasteiger charge is 2.28.